The van der Waals surface area contributed by atoms with Crippen LogP contribution >= 0.6 is 0 Å². The summed E-state index contributed by atoms with van der Waals surface area (Å²) in [6.45, 7) is 4.71. The molecule has 0 spiro atoms. The van der Waals surface area contributed by atoms with Crippen LogP contribution in [0.15, 0.2) is 42.7 Å². The van der Waals surface area contributed by atoms with Crippen molar-refractivity contribution in [3.63, 3.8) is 0 Å². The number of hydrogen-bond donors (Lipinski definition) is 2. The summed E-state index contributed by atoms with van der Waals surface area (Å²) < 4.78 is 5.63. The molecule has 1 aromatic carbocycles. The van der Waals surface area contributed by atoms with E-state index in [-0.39, 0.29) is 0 Å². The first-order valence-corrected chi connectivity index (χ1v) is 7.97. The lowest BCUT2D eigenvalue weighted by Gasteiger charge is -2.21. The molecule has 2 aromatic rings. The highest BCUT2D eigenvalue weighted by Gasteiger charge is 2.12. The summed E-state index contributed by atoms with van der Waals surface area (Å²) in [5.41, 5.74) is 3.68. The Morgan fingerprint density at radius 2 is 2.27 bits per heavy atom. The summed E-state index contributed by atoms with van der Waals surface area (Å²) in [6.07, 6.45) is 5.84. The van der Waals surface area contributed by atoms with E-state index in [1.54, 1.807) is 0 Å². The minimum absolute atomic E-state index is 0.461. The molecule has 1 atom stereocenters. The number of hydrogen-bond acceptors (Lipinski definition) is 4. The number of nitrogens with zero attached hydrogens (tertiary/aromatic N) is 1. The Kier molecular flexibility index (Phi) is 4.91. The van der Waals surface area contributed by atoms with E-state index in [9.17, 15) is 0 Å². The van der Waals surface area contributed by atoms with E-state index >= 15 is 0 Å². The first-order valence-electron chi connectivity index (χ1n) is 7.97. The smallest absolute Gasteiger partial charge is 0.142 e. The van der Waals surface area contributed by atoms with Gasteiger partial charge in [0.15, 0.2) is 0 Å². The molecule has 4 nitrogen and oxygen atoms in total. The molecule has 2 N–H and O–H groups in total. The zero-order valence-corrected chi connectivity index (χ0v) is 13.0. The molecule has 0 aliphatic carbocycles. The van der Waals surface area contributed by atoms with E-state index in [4.69, 9.17) is 4.74 Å². The van der Waals surface area contributed by atoms with E-state index in [2.05, 4.69) is 46.8 Å². The molecular weight excluding hydrogens is 274 g/mol. The molecule has 0 saturated heterocycles. The topological polar surface area (TPSA) is 46.2 Å². The Labute approximate surface area is 131 Å². The molecule has 0 fully saturated rings. The first-order chi connectivity index (χ1) is 10.8. The van der Waals surface area contributed by atoms with Gasteiger partial charge in [-0.15, -0.1) is 0 Å². The SMILES string of the molecule is CCC(Cc1ccc2c(c1)NCCO2)NCc1cccnc1. The Morgan fingerprint density at radius 1 is 1.32 bits per heavy atom. The van der Waals surface area contributed by atoms with Crippen LogP contribution in [0.1, 0.15) is 24.5 Å². The van der Waals surface area contributed by atoms with Crippen molar-refractivity contribution in [2.75, 3.05) is 18.5 Å². The Hall–Kier alpha value is -2.07. The zero-order chi connectivity index (χ0) is 15.2. The van der Waals surface area contributed by atoms with Crippen LogP contribution in [0.2, 0.25) is 0 Å². The van der Waals surface area contributed by atoms with Gasteiger partial charge in [-0.3, -0.25) is 4.98 Å². The van der Waals surface area contributed by atoms with Crippen LogP contribution in [0.3, 0.4) is 0 Å². The van der Waals surface area contributed by atoms with Crippen LogP contribution in [0, 0.1) is 0 Å². The van der Waals surface area contributed by atoms with E-state index < -0.39 is 0 Å². The highest BCUT2D eigenvalue weighted by Crippen LogP contribution is 2.28. The quantitative estimate of drug-likeness (QED) is 0.860. The minimum Gasteiger partial charge on any atom is -0.490 e. The van der Waals surface area contributed by atoms with Crippen molar-refractivity contribution >= 4 is 5.69 Å². The van der Waals surface area contributed by atoms with Crippen molar-refractivity contribution < 1.29 is 4.74 Å². The lowest BCUT2D eigenvalue weighted by Crippen LogP contribution is -2.30. The lowest BCUT2D eigenvalue weighted by molar-refractivity contribution is 0.323. The monoisotopic (exact) mass is 297 g/mol. The summed E-state index contributed by atoms with van der Waals surface area (Å²) >= 11 is 0. The number of pyridine rings is 1. The molecule has 22 heavy (non-hydrogen) atoms. The number of fused-ring (bicyclic) bond motifs is 1. The van der Waals surface area contributed by atoms with Gasteiger partial charge in [-0.25, -0.2) is 0 Å². The maximum Gasteiger partial charge on any atom is 0.142 e. The van der Waals surface area contributed by atoms with Crippen molar-refractivity contribution in [3.05, 3.63) is 53.9 Å². The van der Waals surface area contributed by atoms with Crippen LogP contribution in [0.4, 0.5) is 5.69 Å². The van der Waals surface area contributed by atoms with Gasteiger partial charge >= 0.3 is 0 Å². The van der Waals surface area contributed by atoms with Gasteiger partial charge in [0.2, 0.25) is 0 Å². The van der Waals surface area contributed by atoms with Gasteiger partial charge in [0.1, 0.15) is 12.4 Å². The van der Waals surface area contributed by atoms with Crippen LogP contribution in [-0.4, -0.2) is 24.2 Å². The molecule has 4 heteroatoms. The van der Waals surface area contributed by atoms with Gasteiger partial charge in [0, 0.05) is 31.5 Å². The zero-order valence-electron chi connectivity index (χ0n) is 13.0. The number of ether oxygens (including phenoxy) is 1. The summed E-state index contributed by atoms with van der Waals surface area (Å²) in [5.74, 6) is 0.964. The molecule has 2 heterocycles. The number of nitrogens with one attached hydrogen (secondary N) is 2. The number of benzene rings is 1. The maximum atomic E-state index is 5.63. The van der Waals surface area contributed by atoms with E-state index in [1.165, 1.54) is 11.1 Å². The molecule has 1 aliphatic rings. The molecule has 0 saturated carbocycles. The van der Waals surface area contributed by atoms with Crippen molar-refractivity contribution in [1.82, 2.24) is 10.3 Å². The Morgan fingerprint density at radius 3 is 3.09 bits per heavy atom. The summed E-state index contributed by atoms with van der Waals surface area (Å²) in [6, 6.07) is 11.0. The van der Waals surface area contributed by atoms with Crippen molar-refractivity contribution in [2.24, 2.45) is 0 Å². The van der Waals surface area contributed by atoms with Crippen molar-refractivity contribution in [1.29, 1.82) is 0 Å². The largest absolute Gasteiger partial charge is 0.490 e. The Bertz CT molecular complexity index is 601. The first kappa shape index (κ1) is 14.9. The third kappa shape index (κ3) is 3.77. The minimum atomic E-state index is 0.461. The number of rotatable bonds is 6. The van der Waals surface area contributed by atoms with E-state index in [0.29, 0.717) is 6.04 Å². The second kappa shape index (κ2) is 7.27. The van der Waals surface area contributed by atoms with Gasteiger partial charge in [0.25, 0.3) is 0 Å². The molecule has 116 valence electrons. The van der Waals surface area contributed by atoms with E-state index in [0.717, 1.165) is 44.0 Å². The second-order valence-corrected chi connectivity index (χ2v) is 5.66. The molecule has 1 unspecified atom stereocenters. The van der Waals surface area contributed by atoms with Gasteiger partial charge in [-0.05, 0) is 42.2 Å². The third-order valence-electron chi connectivity index (χ3n) is 4.01. The molecule has 0 bridgehead atoms. The third-order valence-corrected chi connectivity index (χ3v) is 4.01. The Balaban J connectivity index is 1.60. The average Bonchev–Trinajstić information content (AvgIpc) is 2.59. The fourth-order valence-electron chi connectivity index (χ4n) is 2.73. The summed E-state index contributed by atoms with van der Waals surface area (Å²) in [7, 11) is 0. The molecule has 0 amide bonds. The van der Waals surface area contributed by atoms with Gasteiger partial charge in [-0.1, -0.05) is 19.1 Å². The highest BCUT2D eigenvalue weighted by atomic mass is 16.5. The van der Waals surface area contributed by atoms with Gasteiger partial charge in [-0.2, -0.15) is 0 Å². The van der Waals surface area contributed by atoms with Gasteiger partial charge in [0.05, 0.1) is 5.69 Å². The van der Waals surface area contributed by atoms with Crippen LogP contribution in [0.5, 0.6) is 5.75 Å². The lowest BCUT2D eigenvalue weighted by atomic mass is 10.0. The predicted octanol–water partition coefficient (Wildman–Crippen LogP) is 3.00. The molecule has 1 aromatic heterocycles. The second-order valence-electron chi connectivity index (χ2n) is 5.66. The average molecular weight is 297 g/mol. The van der Waals surface area contributed by atoms with Gasteiger partial charge < -0.3 is 15.4 Å². The van der Waals surface area contributed by atoms with Crippen LogP contribution in [0.25, 0.3) is 0 Å². The molecular formula is C18H23N3O. The summed E-state index contributed by atoms with van der Waals surface area (Å²) in [4.78, 5) is 4.16. The standard InChI is InChI=1S/C18H23N3O/c1-2-16(21-13-15-4-3-7-19-12-15)10-14-5-6-18-17(11-14)20-8-9-22-18/h3-7,11-12,16,20-21H,2,8-10,13H2,1H3. The number of aromatic nitrogens is 1. The maximum absolute atomic E-state index is 5.63. The highest BCUT2D eigenvalue weighted by molar-refractivity contribution is 5.59. The number of anilines is 1. The summed E-state index contributed by atoms with van der Waals surface area (Å²) in [5, 5.41) is 7.02. The predicted molar refractivity (Wildman–Crippen MR) is 89.3 cm³/mol. The fourth-order valence-corrected chi connectivity index (χ4v) is 2.73. The van der Waals surface area contributed by atoms with Crippen LogP contribution < -0.4 is 15.4 Å². The molecule has 1 aliphatic heterocycles. The van der Waals surface area contributed by atoms with Crippen molar-refractivity contribution in [3.8, 4) is 5.75 Å². The molecule has 3 rings (SSSR count). The van der Waals surface area contributed by atoms with Crippen LogP contribution in [-0.2, 0) is 13.0 Å². The van der Waals surface area contributed by atoms with E-state index in [1.807, 2.05) is 18.5 Å². The normalized spacial score (nSPS) is 14.6. The van der Waals surface area contributed by atoms with Crippen molar-refractivity contribution in [2.45, 2.75) is 32.4 Å². The molecule has 0 radical (unpaired) electrons. The fraction of sp³-hybridized carbons (Fsp3) is 0.389.